The molecule has 0 unspecified atom stereocenters. The lowest BCUT2D eigenvalue weighted by molar-refractivity contribution is -0.137. The number of nitrogens with zero attached hydrogens (tertiary/aromatic N) is 2. The molecule has 5 nitrogen and oxygen atoms in total. The van der Waals surface area contributed by atoms with Gasteiger partial charge >= 0.3 is 6.18 Å². The van der Waals surface area contributed by atoms with Gasteiger partial charge in [0.15, 0.2) is 0 Å². The van der Waals surface area contributed by atoms with Crippen LogP contribution in [-0.2, 0) is 6.18 Å². The number of fused-ring (bicyclic) bond motifs is 1. The summed E-state index contributed by atoms with van der Waals surface area (Å²) in [5.74, 6) is 0.593. The molecule has 9 heteroatoms. The third-order valence-electron chi connectivity index (χ3n) is 4.87. The second-order valence-corrected chi connectivity index (χ2v) is 8.02. The number of aromatic nitrogens is 2. The van der Waals surface area contributed by atoms with Crippen LogP contribution in [0.25, 0.3) is 15.8 Å². The third-order valence-corrected chi connectivity index (χ3v) is 5.99. The van der Waals surface area contributed by atoms with E-state index >= 15 is 0 Å². The maximum atomic E-state index is 13.1. The van der Waals surface area contributed by atoms with Crippen molar-refractivity contribution in [3.8, 4) is 0 Å². The largest absolute Gasteiger partial charge is 0.416 e. The molecule has 1 atom stereocenters. The first-order chi connectivity index (χ1) is 13.8. The second-order valence-electron chi connectivity index (χ2n) is 6.99. The Labute approximate surface area is 169 Å². The van der Waals surface area contributed by atoms with Gasteiger partial charge in [-0.1, -0.05) is 6.08 Å². The number of hydrogen-bond acceptors (Lipinski definition) is 6. The number of alkyl halides is 3. The minimum absolute atomic E-state index is 0.0759. The Morgan fingerprint density at radius 1 is 1.21 bits per heavy atom. The van der Waals surface area contributed by atoms with Crippen LogP contribution in [0.5, 0.6) is 0 Å². The van der Waals surface area contributed by atoms with E-state index in [4.69, 9.17) is 5.73 Å². The highest BCUT2D eigenvalue weighted by Gasteiger charge is 2.31. The summed E-state index contributed by atoms with van der Waals surface area (Å²) in [6, 6.07) is 5.23. The zero-order chi connectivity index (χ0) is 20.6. The van der Waals surface area contributed by atoms with E-state index in [9.17, 15) is 13.2 Å². The number of anilines is 2. The van der Waals surface area contributed by atoms with Gasteiger partial charge in [-0.2, -0.15) is 13.2 Å². The van der Waals surface area contributed by atoms with Crippen molar-refractivity contribution in [3.63, 3.8) is 0 Å². The molecule has 1 aliphatic heterocycles. The zero-order valence-electron chi connectivity index (χ0n) is 15.7. The van der Waals surface area contributed by atoms with Crippen LogP contribution < -0.4 is 16.4 Å². The molecular weight excluding hydrogens is 399 g/mol. The van der Waals surface area contributed by atoms with Crippen LogP contribution in [0.3, 0.4) is 0 Å². The smallest absolute Gasteiger partial charge is 0.399 e. The second kappa shape index (κ2) is 7.64. The van der Waals surface area contributed by atoms with E-state index in [-0.39, 0.29) is 5.69 Å². The fourth-order valence-corrected chi connectivity index (χ4v) is 4.42. The van der Waals surface area contributed by atoms with Crippen molar-refractivity contribution >= 4 is 38.6 Å². The van der Waals surface area contributed by atoms with Gasteiger partial charge in [-0.15, -0.1) is 11.3 Å². The molecule has 4 N–H and O–H groups in total. The number of nitrogens with one attached hydrogen (secondary N) is 2. The first-order valence-electron chi connectivity index (χ1n) is 9.20. The maximum Gasteiger partial charge on any atom is 0.416 e. The van der Waals surface area contributed by atoms with Crippen molar-refractivity contribution in [2.45, 2.75) is 25.6 Å². The maximum absolute atomic E-state index is 13.1. The van der Waals surface area contributed by atoms with Crippen molar-refractivity contribution in [2.75, 3.05) is 24.1 Å². The van der Waals surface area contributed by atoms with Gasteiger partial charge in [0, 0.05) is 17.1 Å². The SMILES string of the molecule is C[C@@H](Nc1ncnc2sc(C3=CCNCC3)cc12)c1cc(N)cc(C(F)(F)F)c1. The topological polar surface area (TPSA) is 75.9 Å². The molecule has 0 fully saturated rings. The quantitative estimate of drug-likeness (QED) is 0.528. The van der Waals surface area contributed by atoms with Crippen molar-refractivity contribution < 1.29 is 13.2 Å². The standard InChI is InChI=1S/C20H20F3N5S/c1-11(13-6-14(20(21,22)23)8-15(24)7-13)28-18-16-9-17(12-2-4-25-5-3-12)29-19(16)27-10-26-18/h2,6-11,25H,3-5,24H2,1H3,(H,26,27,28)/t11-/m1/s1. The lowest BCUT2D eigenvalue weighted by Gasteiger charge is -2.18. The van der Waals surface area contributed by atoms with Gasteiger partial charge in [0.2, 0.25) is 0 Å². The highest BCUT2D eigenvalue weighted by Crippen LogP contribution is 2.36. The molecule has 0 saturated carbocycles. The summed E-state index contributed by atoms with van der Waals surface area (Å²) in [6.45, 7) is 3.56. The average molecular weight is 419 g/mol. The van der Waals surface area contributed by atoms with Gasteiger partial charge in [0.25, 0.3) is 0 Å². The zero-order valence-corrected chi connectivity index (χ0v) is 16.5. The van der Waals surface area contributed by atoms with E-state index in [0.29, 0.717) is 11.4 Å². The number of hydrogen-bond donors (Lipinski definition) is 3. The van der Waals surface area contributed by atoms with Gasteiger partial charge in [0.05, 0.1) is 17.0 Å². The van der Waals surface area contributed by atoms with Crippen LogP contribution in [0.15, 0.2) is 36.7 Å². The summed E-state index contributed by atoms with van der Waals surface area (Å²) >= 11 is 1.59. The molecule has 2 aromatic heterocycles. The Hall–Kier alpha value is -2.65. The minimum atomic E-state index is -4.45. The lowest BCUT2D eigenvalue weighted by Crippen LogP contribution is -2.19. The van der Waals surface area contributed by atoms with Crippen LogP contribution >= 0.6 is 11.3 Å². The van der Waals surface area contributed by atoms with E-state index in [1.165, 1.54) is 11.9 Å². The Bertz CT molecular complexity index is 1070. The molecule has 29 heavy (non-hydrogen) atoms. The van der Waals surface area contributed by atoms with E-state index in [1.54, 1.807) is 24.3 Å². The predicted molar refractivity (Wildman–Crippen MR) is 111 cm³/mol. The van der Waals surface area contributed by atoms with Gasteiger partial charge < -0.3 is 16.4 Å². The Morgan fingerprint density at radius 3 is 2.76 bits per heavy atom. The lowest BCUT2D eigenvalue weighted by atomic mass is 10.0. The third kappa shape index (κ3) is 4.20. The van der Waals surface area contributed by atoms with E-state index < -0.39 is 17.8 Å². The summed E-state index contributed by atoms with van der Waals surface area (Å²) in [5.41, 5.74) is 6.74. The predicted octanol–water partition coefficient (Wildman–Crippen LogP) is 4.84. The van der Waals surface area contributed by atoms with Crippen LogP contribution in [-0.4, -0.2) is 23.1 Å². The number of thiophene rings is 1. The number of nitrogen functional groups attached to an aromatic ring is 1. The molecular formula is C20H20F3N5S. The highest BCUT2D eigenvalue weighted by molar-refractivity contribution is 7.19. The van der Waals surface area contributed by atoms with Crippen molar-refractivity contribution in [2.24, 2.45) is 0 Å². The highest BCUT2D eigenvalue weighted by atomic mass is 32.1. The molecule has 0 radical (unpaired) electrons. The van der Waals surface area contributed by atoms with Crippen molar-refractivity contribution in [1.82, 2.24) is 15.3 Å². The van der Waals surface area contributed by atoms with Gasteiger partial charge in [0.1, 0.15) is 17.0 Å². The minimum Gasteiger partial charge on any atom is -0.399 e. The van der Waals surface area contributed by atoms with Crippen LogP contribution in [0.2, 0.25) is 0 Å². The molecule has 3 heterocycles. The fraction of sp³-hybridized carbons (Fsp3) is 0.300. The number of benzene rings is 1. The summed E-state index contributed by atoms with van der Waals surface area (Å²) in [6.07, 6.45) is 0.136. The summed E-state index contributed by atoms with van der Waals surface area (Å²) in [4.78, 5) is 10.7. The number of nitrogens with two attached hydrogens (primary N) is 1. The number of halogens is 3. The van der Waals surface area contributed by atoms with Gasteiger partial charge in [-0.05, 0) is 55.3 Å². The molecule has 152 valence electrons. The van der Waals surface area contributed by atoms with Crippen LogP contribution in [0.1, 0.15) is 35.4 Å². The normalized spacial score (nSPS) is 15.9. The van der Waals surface area contributed by atoms with Crippen molar-refractivity contribution in [1.29, 1.82) is 0 Å². The molecule has 4 rings (SSSR count). The molecule has 3 aromatic rings. The average Bonchev–Trinajstić information content (AvgIpc) is 3.13. The molecule has 0 amide bonds. The van der Waals surface area contributed by atoms with E-state index in [0.717, 1.165) is 46.7 Å². The van der Waals surface area contributed by atoms with E-state index in [2.05, 4.69) is 26.7 Å². The number of rotatable bonds is 4. The summed E-state index contributed by atoms with van der Waals surface area (Å²) in [5, 5.41) is 7.38. The van der Waals surface area contributed by atoms with Gasteiger partial charge in [-0.3, -0.25) is 0 Å². The summed E-state index contributed by atoms with van der Waals surface area (Å²) in [7, 11) is 0. The van der Waals surface area contributed by atoms with Gasteiger partial charge in [-0.25, -0.2) is 9.97 Å². The molecule has 0 saturated heterocycles. The first-order valence-corrected chi connectivity index (χ1v) is 10.0. The molecule has 0 spiro atoms. The van der Waals surface area contributed by atoms with Crippen LogP contribution in [0.4, 0.5) is 24.7 Å². The Kier molecular flexibility index (Phi) is 5.18. The Morgan fingerprint density at radius 2 is 2.03 bits per heavy atom. The molecule has 0 bridgehead atoms. The summed E-state index contributed by atoms with van der Waals surface area (Å²) < 4.78 is 39.4. The molecule has 0 aliphatic carbocycles. The first kappa shape index (κ1) is 19.7. The molecule has 1 aliphatic rings. The Balaban J connectivity index is 1.65. The fourth-order valence-electron chi connectivity index (χ4n) is 3.35. The molecule has 1 aromatic carbocycles. The van der Waals surface area contributed by atoms with Crippen molar-refractivity contribution in [3.05, 3.63) is 52.7 Å². The monoisotopic (exact) mass is 419 g/mol. The van der Waals surface area contributed by atoms with Crippen LogP contribution in [0, 0.1) is 0 Å². The van der Waals surface area contributed by atoms with E-state index in [1.807, 2.05) is 6.07 Å².